The third-order valence-corrected chi connectivity index (χ3v) is 2.83. The van der Waals surface area contributed by atoms with Gasteiger partial charge in [0.25, 0.3) is 0 Å². The van der Waals surface area contributed by atoms with Crippen LogP contribution >= 0.6 is 0 Å². The molecule has 14 heavy (non-hydrogen) atoms. The van der Waals surface area contributed by atoms with E-state index in [1.165, 1.54) is 24.8 Å². The first kappa shape index (κ1) is 13.4. The van der Waals surface area contributed by atoms with Crippen LogP contribution in [0.5, 0.6) is 0 Å². The topological polar surface area (TPSA) is 26.0 Å². The molecule has 1 nitrogen and oxygen atoms in total. The van der Waals surface area contributed by atoms with Gasteiger partial charge in [-0.2, -0.15) is 0 Å². The van der Waals surface area contributed by atoms with Gasteiger partial charge >= 0.3 is 0 Å². The predicted molar refractivity (Wildman–Crippen MR) is 65.2 cm³/mol. The molecule has 0 aromatic rings. The molecule has 2 N–H and O–H groups in total. The van der Waals surface area contributed by atoms with Crippen LogP contribution in [0.1, 0.15) is 39.5 Å². The Hall–Kier alpha value is -0.560. The highest BCUT2D eigenvalue weighted by molar-refractivity contribution is 4.96. The lowest BCUT2D eigenvalue weighted by Crippen LogP contribution is -2.12. The Morgan fingerprint density at radius 3 is 2.43 bits per heavy atom. The summed E-state index contributed by atoms with van der Waals surface area (Å²) < 4.78 is 0. The normalized spacial score (nSPS) is 14.8. The second-order valence-corrected chi connectivity index (χ2v) is 4.33. The van der Waals surface area contributed by atoms with Crippen LogP contribution in [-0.4, -0.2) is 6.54 Å². The van der Waals surface area contributed by atoms with Gasteiger partial charge in [-0.25, -0.2) is 0 Å². The molecule has 2 atom stereocenters. The second-order valence-electron chi connectivity index (χ2n) is 4.33. The van der Waals surface area contributed by atoms with Crippen LogP contribution in [0.2, 0.25) is 0 Å². The minimum atomic E-state index is 0.639. The van der Waals surface area contributed by atoms with Crippen molar-refractivity contribution in [2.75, 3.05) is 6.54 Å². The highest BCUT2D eigenvalue weighted by Gasteiger charge is 2.10. The Labute approximate surface area is 89.1 Å². The largest absolute Gasteiger partial charge is 0.330 e. The van der Waals surface area contributed by atoms with Crippen LogP contribution in [0.15, 0.2) is 24.8 Å². The van der Waals surface area contributed by atoms with Gasteiger partial charge in [0, 0.05) is 0 Å². The van der Waals surface area contributed by atoms with Gasteiger partial charge in [0.2, 0.25) is 0 Å². The third kappa shape index (κ3) is 5.98. The van der Waals surface area contributed by atoms with Gasteiger partial charge in [-0.3, -0.25) is 0 Å². The number of allylic oxidation sites excluding steroid dienone is 2. The quantitative estimate of drug-likeness (QED) is 0.589. The first-order valence-electron chi connectivity index (χ1n) is 5.58. The van der Waals surface area contributed by atoms with Crippen LogP contribution in [-0.2, 0) is 0 Å². The van der Waals surface area contributed by atoms with Crippen molar-refractivity contribution >= 4 is 0 Å². The fraction of sp³-hybridized carbons (Fsp3) is 0.692. The summed E-state index contributed by atoms with van der Waals surface area (Å²) in [6.07, 6.45) is 6.71. The molecular weight excluding hydrogens is 170 g/mol. The van der Waals surface area contributed by atoms with Crippen molar-refractivity contribution in [3.8, 4) is 0 Å². The average Bonchev–Trinajstić information content (AvgIpc) is 2.16. The highest BCUT2D eigenvalue weighted by atomic mass is 14.5. The van der Waals surface area contributed by atoms with Crippen molar-refractivity contribution in [1.29, 1.82) is 0 Å². The van der Waals surface area contributed by atoms with Gasteiger partial charge in [0.15, 0.2) is 0 Å². The van der Waals surface area contributed by atoms with Crippen molar-refractivity contribution < 1.29 is 0 Å². The second kappa shape index (κ2) is 7.81. The van der Waals surface area contributed by atoms with Crippen LogP contribution < -0.4 is 5.73 Å². The lowest BCUT2D eigenvalue weighted by molar-refractivity contribution is 0.434. The molecule has 0 aliphatic heterocycles. The number of rotatable bonds is 8. The first-order valence-corrected chi connectivity index (χ1v) is 5.58. The van der Waals surface area contributed by atoms with Gasteiger partial charge in [-0.15, -0.1) is 6.58 Å². The monoisotopic (exact) mass is 195 g/mol. The molecule has 0 heterocycles. The summed E-state index contributed by atoms with van der Waals surface area (Å²) in [5.41, 5.74) is 6.90. The molecule has 0 radical (unpaired) electrons. The number of hydrogen-bond acceptors (Lipinski definition) is 1. The molecule has 0 aliphatic carbocycles. The minimum Gasteiger partial charge on any atom is -0.330 e. The van der Waals surface area contributed by atoms with E-state index in [9.17, 15) is 0 Å². The van der Waals surface area contributed by atoms with Crippen molar-refractivity contribution in [2.45, 2.75) is 39.5 Å². The molecule has 0 saturated heterocycles. The van der Waals surface area contributed by atoms with Gasteiger partial charge in [-0.05, 0) is 51.0 Å². The van der Waals surface area contributed by atoms with Crippen LogP contribution in [0.25, 0.3) is 0 Å². The van der Waals surface area contributed by atoms with E-state index in [0.29, 0.717) is 11.8 Å². The van der Waals surface area contributed by atoms with E-state index in [4.69, 9.17) is 5.73 Å². The molecule has 0 bridgehead atoms. The molecule has 0 saturated carbocycles. The Morgan fingerprint density at radius 2 is 2.00 bits per heavy atom. The van der Waals surface area contributed by atoms with E-state index in [1.54, 1.807) is 0 Å². The zero-order valence-electron chi connectivity index (χ0n) is 9.76. The van der Waals surface area contributed by atoms with Gasteiger partial charge in [-0.1, -0.05) is 25.2 Å². The fourth-order valence-electron chi connectivity index (χ4n) is 1.56. The van der Waals surface area contributed by atoms with Crippen LogP contribution in [0.4, 0.5) is 0 Å². The Kier molecular flexibility index (Phi) is 7.50. The van der Waals surface area contributed by atoms with Crippen molar-refractivity contribution in [3.63, 3.8) is 0 Å². The maximum Gasteiger partial charge on any atom is -0.00515 e. The van der Waals surface area contributed by atoms with E-state index >= 15 is 0 Å². The predicted octanol–water partition coefficient (Wildman–Crippen LogP) is 3.52. The molecular formula is C13H25N. The van der Waals surface area contributed by atoms with Crippen molar-refractivity contribution in [3.05, 3.63) is 24.8 Å². The zero-order chi connectivity index (χ0) is 11.0. The van der Waals surface area contributed by atoms with Gasteiger partial charge < -0.3 is 5.73 Å². The average molecular weight is 195 g/mol. The molecule has 0 rings (SSSR count). The molecule has 0 amide bonds. The standard InChI is InChI=1S/C13H25N/c1-5-6-7-13(11(2)3)9-8-12(4)10-14/h5,12-13H,1-2,6-10,14H2,3-4H3. The summed E-state index contributed by atoms with van der Waals surface area (Å²) in [4.78, 5) is 0. The Morgan fingerprint density at radius 1 is 1.36 bits per heavy atom. The first-order chi connectivity index (χ1) is 6.61. The summed E-state index contributed by atoms with van der Waals surface area (Å²) in [6, 6.07) is 0. The SMILES string of the molecule is C=CCCC(CCC(C)CN)C(=C)C. The maximum atomic E-state index is 5.60. The Bertz CT molecular complexity index is 172. The molecule has 0 aromatic heterocycles. The van der Waals surface area contributed by atoms with Crippen LogP contribution in [0.3, 0.4) is 0 Å². The molecule has 2 unspecified atom stereocenters. The van der Waals surface area contributed by atoms with E-state index in [2.05, 4.69) is 27.0 Å². The summed E-state index contributed by atoms with van der Waals surface area (Å²) in [5.74, 6) is 1.29. The lowest BCUT2D eigenvalue weighted by Gasteiger charge is -2.18. The Balaban J connectivity index is 3.84. The van der Waals surface area contributed by atoms with E-state index < -0.39 is 0 Å². The molecule has 82 valence electrons. The van der Waals surface area contributed by atoms with Crippen molar-refractivity contribution in [2.24, 2.45) is 17.6 Å². The van der Waals surface area contributed by atoms with Gasteiger partial charge in [0.1, 0.15) is 0 Å². The maximum absolute atomic E-state index is 5.60. The van der Waals surface area contributed by atoms with E-state index in [0.717, 1.165) is 13.0 Å². The van der Waals surface area contributed by atoms with E-state index in [-0.39, 0.29) is 0 Å². The summed E-state index contributed by atoms with van der Waals surface area (Å²) >= 11 is 0. The van der Waals surface area contributed by atoms with E-state index in [1.807, 2.05) is 6.08 Å². The molecule has 0 aromatic carbocycles. The van der Waals surface area contributed by atoms with Crippen LogP contribution in [0, 0.1) is 11.8 Å². The summed E-state index contributed by atoms with van der Waals surface area (Å²) in [6.45, 7) is 12.9. The smallest absolute Gasteiger partial charge is 0.00515 e. The highest BCUT2D eigenvalue weighted by Crippen LogP contribution is 2.23. The lowest BCUT2D eigenvalue weighted by atomic mass is 9.89. The van der Waals surface area contributed by atoms with Gasteiger partial charge in [0.05, 0.1) is 0 Å². The minimum absolute atomic E-state index is 0.639. The molecule has 0 aliphatic rings. The van der Waals surface area contributed by atoms with Crippen molar-refractivity contribution in [1.82, 2.24) is 0 Å². The third-order valence-electron chi connectivity index (χ3n) is 2.83. The summed E-state index contributed by atoms with van der Waals surface area (Å²) in [5, 5.41) is 0. The zero-order valence-corrected chi connectivity index (χ0v) is 9.76. The number of nitrogens with two attached hydrogens (primary N) is 1. The molecule has 1 heteroatoms. The number of hydrogen-bond donors (Lipinski definition) is 1. The molecule has 0 spiro atoms. The summed E-state index contributed by atoms with van der Waals surface area (Å²) in [7, 11) is 0. The molecule has 0 fully saturated rings. The fourth-order valence-corrected chi connectivity index (χ4v) is 1.56.